The Bertz CT molecular complexity index is 552. The van der Waals surface area contributed by atoms with Gasteiger partial charge in [-0.1, -0.05) is 19.9 Å². The molecule has 1 N–H and O–H groups in total. The smallest absolute Gasteiger partial charge is 0.222 e. The first kappa shape index (κ1) is 14.8. The van der Waals surface area contributed by atoms with Gasteiger partial charge in [-0.3, -0.25) is 0 Å². The van der Waals surface area contributed by atoms with E-state index in [1.165, 1.54) is 4.88 Å². The van der Waals surface area contributed by atoms with Crippen molar-refractivity contribution < 1.29 is 4.74 Å². The molecule has 0 amide bonds. The fraction of sp³-hybridized carbons (Fsp3) is 0.467. The molecule has 0 aliphatic heterocycles. The highest BCUT2D eigenvalue weighted by Gasteiger charge is 2.14. The van der Waals surface area contributed by atoms with Crippen molar-refractivity contribution in [1.82, 2.24) is 9.97 Å². The highest BCUT2D eigenvalue weighted by molar-refractivity contribution is 7.09. The molecule has 0 saturated heterocycles. The number of aromatic nitrogens is 2. The van der Waals surface area contributed by atoms with Crippen LogP contribution in [0, 0.1) is 6.92 Å². The molecule has 108 valence electrons. The van der Waals surface area contributed by atoms with Crippen molar-refractivity contribution in [3.05, 3.63) is 33.8 Å². The SMILES string of the molecule is CCNc1nc(C(C)C)nc(OCc2cccs2)c1C. The molecule has 5 heteroatoms. The zero-order valence-electron chi connectivity index (χ0n) is 12.4. The van der Waals surface area contributed by atoms with E-state index in [-0.39, 0.29) is 5.92 Å². The summed E-state index contributed by atoms with van der Waals surface area (Å²) in [7, 11) is 0. The summed E-state index contributed by atoms with van der Waals surface area (Å²) in [5, 5.41) is 5.33. The number of nitrogens with zero attached hydrogens (tertiary/aromatic N) is 2. The van der Waals surface area contributed by atoms with Crippen LogP contribution in [0.3, 0.4) is 0 Å². The van der Waals surface area contributed by atoms with Crippen LogP contribution >= 0.6 is 11.3 Å². The second-order valence-corrected chi connectivity index (χ2v) is 5.95. The Balaban J connectivity index is 2.25. The molecule has 0 spiro atoms. The summed E-state index contributed by atoms with van der Waals surface area (Å²) in [6.45, 7) is 9.61. The van der Waals surface area contributed by atoms with Gasteiger partial charge in [0.25, 0.3) is 0 Å². The number of rotatable bonds is 6. The molecule has 0 aromatic carbocycles. The fourth-order valence-electron chi connectivity index (χ4n) is 1.79. The molecule has 2 aromatic heterocycles. The average Bonchev–Trinajstić information content (AvgIpc) is 2.92. The second kappa shape index (κ2) is 6.70. The summed E-state index contributed by atoms with van der Waals surface area (Å²) in [5.41, 5.74) is 0.966. The van der Waals surface area contributed by atoms with E-state index >= 15 is 0 Å². The second-order valence-electron chi connectivity index (χ2n) is 4.91. The van der Waals surface area contributed by atoms with Gasteiger partial charge in [0.15, 0.2) is 0 Å². The minimum Gasteiger partial charge on any atom is -0.472 e. The summed E-state index contributed by atoms with van der Waals surface area (Å²) in [6, 6.07) is 4.09. The van der Waals surface area contributed by atoms with E-state index in [4.69, 9.17) is 4.74 Å². The molecule has 20 heavy (non-hydrogen) atoms. The number of hydrogen-bond donors (Lipinski definition) is 1. The number of anilines is 1. The maximum atomic E-state index is 5.88. The number of hydrogen-bond acceptors (Lipinski definition) is 5. The zero-order chi connectivity index (χ0) is 14.5. The molecule has 0 radical (unpaired) electrons. The Hall–Kier alpha value is -1.62. The van der Waals surface area contributed by atoms with E-state index in [0.717, 1.165) is 23.8 Å². The van der Waals surface area contributed by atoms with Crippen LogP contribution < -0.4 is 10.1 Å². The molecule has 4 nitrogen and oxygen atoms in total. The first-order valence-electron chi connectivity index (χ1n) is 6.89. The standard InChI is InChI=1S/C15H21N3OS/c1-5-16-14-11(4)15(18-13(17-14)10(2)3)19-9-12-7-6-8-20-12/h6-8,10H,5,9H2,1-4H3,(H,16,17,18). The highest BCUT2D eigenvalue weighted by atomic mass is 32.1. The molecule has 0 aliphatic rings. The Labute approximate surface area is 124 Å². The van der Waals surface area contributed by atoms with Gasteiger partial charge in [-0.05, 0) is 25.3 Å². The molecule has 2 aromatic rings. The monoisotopic (exact) mass is 291 g/mol. The first-order chi connectivity index (χ1) is 9.61. The molecular weight excluding hydrogens is 270 g/mol. The van der Waals surface area contributed by atoms with Crippen LogP contribution in [-0.2, 0) is 6.61 Å². The topological polar surface area (TPSA) is 47.0 Å². The molecule has 2 heterocycles. The van der Waals surface area contributed by atoms with Crippen LogP contribution in [0.4, 0.5) is 5.82 Å². The molecular formula is C15H21N3OS. The summed E-state index contributed by atoms with van der Waals surface area (Å²) in [6.07, 6.45) is 0. The Kier molecular flexibility index (Phi) is 4.95. The number of thiophene rings is 1. The van der Waals surface area contributed by atoms with Gasteiger partial charge in [0, 0.05) is 17.3 Å². The van der Waals surface area contributed by atoms with Crippen molar-refractivity contribution >= 4 is 17.2 Å². The molecule has 0 saturated carbocycles. The van der Waals surface area contributed by atoms with Gasteiger partial charge in [0.05, 0.1) is 5.56 Å². The van der Waals surface area contributed by atoms with Crippen molar-refractivity contribution in [1.29, 1.82) is 0 Å². The van der Waals surface area contributed by atoms with Crippen molar-refractivity contribution in [3.8, 4) is 5.88 Å². The fourth-order valence-corrected chi connectivity index (χ4v) is 2.40. The minimum absolute atomic E-state index is 0.275. The van der Waals surface area contributed by atoms with Gasteiger partial charge < -0.3 is 10.1 Å². The summed E-state index contributed by atoms with van der Waals surface area (Å²) < 4.78 is 5.88. The van der Waals surface area contributed by atoms with Crippen LogP contribution in [0.1, 0.15) is 43.0 Å². The lowest BCUT2D eigenvalue weighted by atomic mass is 10.2. The number of ether oxygens (including phenoxy) is 1. The Morgan fingerprint density at radius 3 is 2.75 bits per heavy atom. The van der Waals surface area contributed by atoms with E-state index in [2.05, 4.69) is 47.5 Å². The average molecular weight is 291 g/mol. The van der Waals surface area contributed by atoms with E-state index in [1.54, 1.807) is 11.3 Å². The summed E-state index contributed by atoms with van der Waals surface area (Å²) in [4.78, 5) is 10.3. The van der Waals surface area contributed by atoms with Gasteiger partial charge in [0.2, 0.25) is 5.88 Å². The lowest BCUT2D eigenvalue weighted by Gasteiger charge is -2.15. The van der Waals surface area contributed by atoms with Gasteiger partial charge >= 0.3 is 0 Å². The van der Waals surface area contributed by atoms with Crippen LogP contribution in [0.25, 0.3) is 0 Å². The van der Waals surface area contributed by atoms with Gasteiger partial charge in [-0.25, -0.2) is 4.98 Å². The van der Waals surface area contributed by atoms with Gasteiger partial charge in [-0.2, -0.15) is 4.98 Å². The molecule has 0 aliphatic carbocycles. The van der Waals surface area contributed by atoms with E-state index < -0.39 is 0 Å². The third-order valence-corrected chi connectivity index (χ3v) is 3.76. The molecule has 0 bridgehead atoms. The normalized spacial score (nSPS) is 10.8. The largest absolute Gasteiger partial charge is 0.472 e. The summed E-state index contributed by atoms with van der Waals surface area (Å²) in [5.74, 6) is 2.63. The minimum atomic E-state index is 0.275. The van der Waals surface area contributed by atoms with Gasteiger partial charge in [-0.15, -0.1) is 11.3 Å². The Morgan fingerprint density at radius 1 is 1.35 bits per heavy atom. The van der Waals surface area contributed by atoms with E-state index in [9.17, 15) is 0 Å². The van der Waals surface area contributed by atoms with Gasteiger partial charge in [0.1, 0.15) is 18.2 Å². The van der Waals surface area contributed by atoms with Crippen LogP contribution in [0.15, 0.2) is 17.5 Å². The van der Waals surface area contributed by atoms with Crippen molar-refractivity contribution in [2.75, 3.05) is 11.9 Å². The molecule has 0 unspecified atom stereocenters. The van der Waals surface area contributed by atoms with E-state index in [1.807, 2.05) is 13.0 Å². The molecule has 0 atom stereocenters. The maximum Gasteiger partial charge on any atom is 0.222 e. The third-order valence-electron chi connectivity index (χ3n) is 2.91. The van der Waals surface area contributed by atoms with Crippen molar-refractivity contribution in [3.63, 3.8) is 0 Å². The zero-order valence-corrected chi connectivity index (χ0v) is 13.3. The van der Waals surface area contributed by atoms with Crippen LogP contribution in [0.5, 0.6) is 5.88 Å². The lowest BCUT2D eigenvalue weighted by Crippen LogP contribution is -2.10. The predicted molar refractivity (Wildman–Crippen MR) is 83.7 cm³/mol. The highest BCUT2D eigenvalue weighted by Crippen LogP contribution is 2.26. The predicted octanol–water partition coefficient (Wildman–Crippen LogP) is 3.98. The molecule has 0 fully saturated rings. The number of nitrogens with one attached hydrogen (secondary N) is 1. The maximum absolute atomic E-state index is 5.88. The molecule has 2 rings (SSSR count). The van der Waals surface area contributed by atoms with Crippen molar-refractivity contribution in [2.24, 2.45) is 0 Å². The third kappa shape index (κ3) is 3.48. The Morgan fingerprint density at radius 2 is 2.15 bits per heavy atom. The van der Waals surface area contributed by atoms with Crippen LogP contribution in [-0.4, -0.2) is 16.5 Å². The quantitative estimate of drug-likeness (QED) is 0.874. The lowest BCUT2D eigenvalue weighted by molar-refractivity contribution is 0.293. The first-order valence-corrected chi connectivity index (χ1v) is 7.77. The van der Waals surface area contributed by atoms with Crippen LogP contribution in [0.2, 0.25) is 0 Å². The summed E-state index contributed by atoms with van der Waals surface area (Å²) >= 11 is 1.69. The van der Waals surface area contributed by atoms with Crippen molar-refractivity contribution in [2.45, 2.75) is 40.2 Å². The van der Waals surface area contributed by atoms with E-state index in [0.29, 0.717) is 12.5 Å².